The summed E-state index contributed by atoms with van der Waals surface area (Å²) in [6.07, 6.45) is 6.42. The van der Waals surface area contributed by atoms with Gasteiger partial charge in [0.05, 0.1) is 0 Å². The van der Waals surface area contributed by atoms with Gasteiger partial charge in [0.25, 0.3) is 5.78 Å². The zero-order valence-corrected chi connectivity index (χ0v) is 12.6. The largest absolute Gasteiger partial charge is 0.359 e. The number of nitrogens with zero attached hydrogens (tertiary/aromatic N) is 7. The summed E-state index contributed by atoms with van der Waals surface area (Å²) in [5.41, 5.74) is 0.947. The molecule has 110 valence electrons. The van der Waals surface area contributed by atoms with Crippen molar-refractivity contribution in [2.45, 2.75) is 26.8 Å². The fraction of sp³-hybridized carbons (Fsp3) is 0.429. The Labute approximate surface area is 123 Å². The smallest absolute Gasteiger partial charge is 0.254 e. The topological polar surface area (TPSA) is 64.1 Å². The Balaban J connectivity index is 1.71. The molecule has 0 N–H and O–H groups in total. The van der Waals surface area contributed by atoms with E-state index < -0.39 is 0 Å². The molecule has 0 atom stereocenters. The molecule has 0 bridgehead atoms. The fourth-order valence-corrected chi connectivity index (χ4v) is 2.42. The van der Waals surface area contributed by atoms with E-state index in [1.807, 2.05) is 32.3 Å². The molecule has 3 rings (SSSR count). The zero-order valence-electron chi connectivity index (χ0n) is 12.6. The lowest BCUT2D eigenvalue weighted by atomic mass is 10.3. The second-order valence-electron chi connectivity index (χ2n) is 5.17. The number of aromatic nitrogens is 6. The average molecular weight is 285 g/mol. The van der Waals surface area contributed by atoms with E-state index in [9.17, 15) is 0 Å². The minimum atomic E-state index is 0.641. The van der Waals surface area contributed by atoms with Gasteiger partial charge in [-0.3, -0.25) is 0 Å². The molecule has 21 heavy (non-hydrogen) atoms. The van der Waals surface area contributed by atoms with Gasteiger partial charge in [0.2, 0.25) is 0 Å². The van der Waals surface area contributed by atoms with E-state index in [2.05, 4.69) is 36.6 Å². The first kappa shape index (κ1) is 13.5. The lowest BCUT2D eigenvalue weighted by molar-refractivity contribution is 0.618. The summed E-state index contributed by atoms with van der Waals surface area (Å²) in [6, 6.07) is 2.03. The Morgan fingerprint density at radius 2 is 2.10 bits per heavy atom. The lowest BCUT2D eigenvalue weighted by Gasteiger charge is -2.20. The fourth-order valence-electron chi connectivity index (χ4n) is 2.42. The van der Waals surface area contributed by atoms with Gasteiger partial charge in [-0.1, -0.05) is 0 Å². The standard InChI is InChI=1S/C14H19N7/c1-11-9-13(21-14(18-11)16-10-17-21)19(3)6-4-7-20-8-5-15-12(20)2/h5,8-10H,4,6-7H2,1-3H3. The maximum Gasteiger partial charge on any atom is 0.254 e. The van der Waals surface area contributed by atoms with Gasteiger partial charge < -0.3 is 9.47 Å². The summed E-state index contributed by atoms with van der Waals surface area (Å²) >= 11 is 0. The molecule has 0 fully saturated rings. The predicted octanol–water partition coefficient (Wildman–Crippen LogP) is 1.46. The summed E-state index contributed by atoms with van der Waals surface area (Å²) in [4.78, 5) is 14.9. The van der Waals surface area contributed by atoms with Crippen LogP contribution in [0.1, 0.15) is 17.9 Å². The number of anilines is 1. The monoisotopic (exact) mass is 285 g/mol. The molecule has 0 unspecified atom stereocenters. The Bertz CT molecular complexity index is 743. The van der Waals surface area contributed by atoms with Gasteiger partial charge in [-0.05, 0) is 20.3 Å². The van der Waals surface area contributed by atoms with Gasteiger partial charge in [-0.25, -0.2) is 9.97 Å². The molecule has 0 aliphatic rings. The molecule has 0 saturated carbocycles. The number of hydrogen-bond donors (Lipinski definition) is 0. The van der Waals surface area contributed by atoms with E-state index >= 15 is 0 Å². The highest BCUT2D eigenvalue weighted by atomic mass is 15.4. The molecule has 0 aromatic carbocycles. The van der Waals surface area contributed by atoms with Crippen molar-refractivity contribution in [3.05, 3.63) is 36.3 Å². The minimum absolute atomic E-state index is 0.641. The van der Waals surface area contributed by atoms with Gasteiger partial charge in [0.15, 0.2) is 0 Å². The SMILES string of the molecule is Cc1cc(N(C)CCCn2ccnc2C)n2ncnc2n1. The van der Waals surface area contributed by atoms with Gasteiger partial charge in [0, 0.05) is 44.3 Å². The first-order chi connectivity index (χ1) is 10.1. The van der Waals surface area contributed by atoms with Crippen molar-refractivity contribution in [2.24, 2.45) is 0 Å². The van der Waals surface area contributed by atoms with Crippen LogP contribution in [0.25, 0.3) is 5.78 Å². The summed E-state index contributed by atoms with van der Waals surface area (Å²) < 4.78 is 3.94. The highest BCUT2D eigenvalue weighted by Crippen LogP contribution is 2.14. The molecule has 7 nitrogen and oxygen atoms in total. The van der Waals surface area contributed by atoms with Crippen LogP contribution < -0.4 is 4.90 Å². The van der Waals surface area contributed by atoms with E-state index in [1.54, 1.807) is 4.52 Å². The molecular formula is C14H19N7. The van der Waals surface area contributed by atoms with E-state index in [1.165, 1.54) is 6.33 Å². The summed E-state index contributed by atoms with van der Waals surface area (Å²) in [6.45, 7) is 5.88. The van der Waals surface area contributed by atoms with Crippen molar-refractivity contribution in [3.63, 3.8) is 0 Å². The molecule has 3 aromatic rings. The molecule has 3 aromatic heterocycles. The van der Waals surface area contributed by atoms with Crippen LogP contribution in [0.3, 0.4) is 0 Å². The van der Waals surface area contributed by atoms with Crippen LogP contribution in [-0.2, 0) is 6.54 Å². The van der Waals surface area contributed by atoms with E-state index in [-0.39, 0.29) is 0 Å². The second-order valence-corrected chi connectivity index (χ2v) is 5.17. The highest BCUT2D eigenvalue weighted by molar-refractivity contribution is 5.46. The molecule has 0 aliphatic heterocycles. The van der Waals surface area contributed by atoms with Crippen molar-refractivity contribution in [3.8, 4) is 0 Å². The number of imidazole rings is 1. The molecule has 3 heterocycles. The van der Waals surface area contributed by atoms with Crippen LogP contribution in [0.4, 0.5) is 5.82 Å². The Kier molecular flexibility index (Phi) is 3.55. The zero-order chi connectivity index (χ0) is 14.8. The summed E-state index contributed by atoms with van der Waals surface area (Å²) in [7, 11) is 2.07. The van der Waals surface area contributed by atoms with E-state index in [4.69, 9.17) is 0 Å². The van der Waals surface area contributed by atoms with Crippen molar-refractivity contribution < 1.29 is 0 Å². The Morgan fingerprint density at radius 3 is 2.86 bits per heavy atom. The first-order valence-corrected chi connectivity index (χ1v) is 7.01. The summed E-state index contributed by atoms with van der Waals surface area (Å²) in [5, 5.41) is 4.24. The highest BCUT2D eigenvalue weighted by Gasteiger charge is 2.09. The average Bonchev–Trinajstić information content (AvgIpc) is 3.07. The third-order valence-corrected chi connectivity index (χ3v) is 3.57. The first-order valence-electron chi connectivity index (χ1n) is 7.01. The molecule has 0 radical (unpaired) electrons. The lowest BCUT2D eigenvalue weighted by Crippen LogP contribution is -2.23. The number of rotatable bonds is 5. The van der Waals surface area contributed by atoms with Crippen molar-refractivity contribution >= 4 is 11.6 Å². The van der Waals surface area contributed by atoms with Gasteiger partial charge in [0.1, 0.15) is 18.0 Å². The Hall–Kier alpha value is -2.44. The van der Waals surface area contributed by atoms with E-state index in [0.29, 0.717) is 5.78 Å². The Morgan fingerprint density at radius 1 is 1.24 bits per heavy atom. The maximum absolute atomic E-state index is 4.36. The number of fused-ring (bicyclic) bond motifs is 1. The van der Waals surface area contributed by atoms with Crippen LogP contribution in [0.2, 0.25) is 0 Å². The predicted molar refractivity (Wildman–Crippen MR) is 80.4 cm³/mol. The van der Waals surface area contributed by atoms with Crippen molar-refractivity contribution in [1.82, 2.24) is 29.1 Å². The van der Waals surface area contributed by atoms with E-state index in [0.717, 1.165) is 36.8 Å². The van der Waals surface area contributed by atoms with Crippen LogP contribution in [0, 0.1) is 13.8 Å². The normalized spacial score (nSPS) is 11.2. The molecule has 0 amide bonds. The van der Waals surface area contributed by atoms with Crippen molar-refractivity contribution in [2.75, 3.05) is 18.5 Å². The maximum atomic E-state index is 4.36. The molecule has 0 spiro atoms. The number of aryl methyl sites for hydroxylation is 3. The third-order valence-electron chi connectivity index (χ3n) is 3.57. The van der Waals surface area contributed by atoms with Gasteiger partial charge in [-0.15, -0.1) is 0 Å². The molecule has 0 saturated heterocycles. The molecular weight excluding hydrogens is 266 g/mol. The molecule has 7 heteroatoms. The van der Waals surface area contributed by atoms with Crippen LogP contribution in [-0.4, -0.2) is 42.7 Å². The van der Waals surface area contributed by atoms with Gasteiger partial charge >= 0.3 is 0 Å². The quantitative estimate of drug-likeness (QED) is 0.710. The number of hydrogen-bond acceptors (Lipinski definition) is 5. The second kappa shape index (κ2) is 5.51. The molecule has 0 aliphatic carbocycles. The van der Waals surface area contributed by atoms with Crippen molar-refractivity contribution in [1.29, 1.82) is 0 Å². The van der Waals surface area contributed by atoms with Gasteiger partial charge in [-0.2, -0.15) is 14.6 Å². The third kappa shape index (κ3) is 2.72. The van der Waals surface area contributed by atoms with Crippen LogP contribution >= 0.6 is 0 Å². The van der Waals surface area contributed by atoms with Crippen LogP contribution in [0.5, 0.6) is 0 Å². The minimum Gasteiger partial charge on any atom is -0.359 e. The van der Waals surface area contributed by atoms with Crippen LogP contribution in [0.15, 0.2) is 24.8 Å². The summed E-state index contributed by atoms with van der Waals surface area (Å²) in [5.74, 6) is 2.70.